The lowest BCUT2D eigenvalue weighted by Gasteiger charge is -2.34. The number of nitrogens with one attached hydrogen (secondary N) is 1. The summed E-state index contributed by atoms with van der Waals surface area (Å²) in [6, 6.07) is 7.51. The Bertz CT molecular complexity index is 576. The van der Waals surface area contributed by atoms with E-state index in [4.69, 9.17) is 5.73 Å². The molecule has 2 saturated heterocycles. The first-order valence-corrected chi connectivity index (χ1v) is 10.7. The number of rotatable bonds is 6. The lowest BCUT2D eigenvalue weighted by atomic mass is 10.0. The second kappa shape index (κ2) is 9.51. The normalized spacial score (nSPS) is 19.2. The molecule has 0 aromatic heterocycles. The summed E-state index contributed by atoms with van der Waals surface area (Å²) in [7, 11) is -3.13. The number of benzene rings is 1. The van der Waals surface area contributed by atoms with E-state index in [0.717, 1.165) is 18.7 Å². The lowest BCUT2D eigenvalue weighted by Crippen LogP contribution is -2.37. The van der Waals surface area contributed by atoms with Crippen molar-refractivity contribution >= 4 is 9.84 Å². The minimum absolute atomic E-state index is 0.202. The molecule has 0 saturated carbocycles. The fraction of sp³-hybridized carbons (Fsp3) is 0.667. The highest BCUT2D eigenvalue weighted by Crippen LogP contribution is 2.25. The largest absolute Gasteiger partial charge is 0.329 e. The van der Waals surface area contributed by atoms with Crippen molar-refractivity contribution in [2.75, 3.05) is 38.5 Å². The van der Waals surface area contributed by atoms with Crippen LogP contribution in [-0.2, 0) is 9.84 Å². The molecule has 2 heterocycles. The molecule has 2 aliphatic heterocycles. The summed E-state index contributed by atoms with van der Waals surface area (Å²) in [6.07, 6.45) is 4.38. The third-order valence-electron chi connectivity index (χ3n) is 4.40. The SMILES string of the molecule is C1CN1.CCCS(=O)(=O)c1ccc(C(CN)N2CCCCC2)cc1. The number of nitrogens with two attached hydrogens (primary N) is 1. The molecule has 1 aromatic carbocycles. The first-order valence-electron chi connectivity index (χ1n) is 9.06. The minimum atomic E-state index is -3.13. The van der Waals surface area contributed by atoms with Crippen LogP contribution in [0.1, 0.15) is 44.2 Å². The number of hydrogen-bond acceptors (Lipinski definition) is 5. The Morgan fingerprint density at radius 1 is 1.12 bits per heavy atom. The molecule has 5 nitrogen and oxygen atoms in total. The molecule has 0 bridgehead atoms. The lowest BCUT2D eigenvalue weighted by molar-refractivity contribution is 0.167. The first-order chi connectivity index (χ1) is 11.6. The van der Waals surface area contributed by atoms with Gasteiger partial charge in [0.2, 0.25) is 0 Å². The molecular weight excluding hydrogens is 322 g/mol. The highest BCUT2D eigenvalue weighted by Gasteiger charge is 2.21. The van der Waals surface area contributed by atoms with Crippen molar-refractivity contribution in [3.63, 3.8) is 0 Å². The number of nitrogens with zero attached hydrogens (tertiary/aromatic N) is 1. The van der Waals surface area contributed by atoms with E-state index >= 15 is 0 Å². The molecular formula is C18H31N3O2S. The molecule has 1 aromatic rings. The van der Waals surface area contributed by atoms with E-state index in [1.165, 1.54) is 32.4 Å². The van der Waals surface area contributed by atoms with Gasteiger partial charge in [0.1, 0.15) is 0 Å². The molecule has 24 heavy (non-hydrogen) atoms. The third-order valence-corrected chi connectivity index (χ3v) is 6.34. The van der Waals surface area contributed by atoms with Crippen molar-refractivity contribution in [1.82, 2.24) is 10.2 Å². The Morgan fingerprint density at radius 3 is 2.17 bits per heavy atom. The number of hydrogen-bond donors (Lipinski definition) is 2. The number of sulfone groups is 1. The van der Waals surface area contributed by atoms with Crippen LogP contribution in [-0.4, -0.2) is 51.8 Å². The van der Waals surface area contributed by atoms with Crippen molar-refractivity contribution in [3.8, 4) is 0 Å². The summed E-state index contributed by atoms with van der Waals surface area (Å²) >= 11 is 0. The van der Waals surface area contributed by atoms with Crippen LogP contribution in [0.2, 0.25) is 0 Å². The van der Waals surface area contributed by atoms with E-state index in [1.807, 2.05) is 19.1 Å². The molecule has 0 aliphatic carbocycles. The maximum absolute atomic E-state index is 12.0. The summed E-state index contributed by atoms with van der Waals surface area (Å²) in [5, 5.41) is 3.00. The van der Waals surface area contributed by atoms with Gasteiger partial charge in [0.25, 0.3) is 0 Å². The molecule has 1 atom stereocenters. The Kier molecular flexibility index (Phi) is 7.68. The average molecular weight is 354 g/mol. The third kappa shape index (κ3) is 5.84. The van der Waals surface area contributed by atoms with Gasteiger partial charge >= 0.3 is 0 Å². The van der Waals surface area contributed by atoms with E-state index in [9.17, 15) is 8.42 Å². The summed E-state index contributed by atoms with van der Waals surface area (Å²) < 4.78 is 24.1. The van der Waals surface area contributed by atoms with Gasteiger partial charge in [0, 0.05) is 25.7 Å². The second-order valence-corrected chi connectivity index (χ2v) is 8.60. The maximum Gasteiger partial charge on any atom is 0.178 e. The summed E-state index contributed by atoms with van der Waals surface area (Å²) in [5.74, 6) is 0.207. The van der Waals surface area contributed by atoms with Gasteiger partial charge in [0.05, 0.1) is 10.6 Å². The number of piperidine rings is 1. The van der Waals surface area contributed by atoms with Crippen LogP contribution in [0.15, 0.2) is 29.2 Å². The van der Waals surface area contributed by atoms with Gasteiger partial charge in [-0.25, -0.2) is 8.42 Å². The van der Waals surface area contributed by atoms with Gasteiger partial charge in [-0.2, -0.15) is 0 Å². The highest BCUT2D eigenvalue weighted by atomic mass is 32.2. The van der Waals surface area contributed by atoms with Crippen LogP contribution in [0, 0.1) is 0 Å². The monoisotopic (exact) mass is 353 g/mol. The van der Waals surface area contributed by atoms with Crippen LogP contribution in [0.4, 0.5) is 0 Å². The van der Waals surface area contributed by atoms with E-state index < -0.39 is 9.84 Å². The van der Waals surface area contributed by atoms with Gasteiger partial charge in [-0.3, -0.25) is 4.90 Å². The Balaban J connectivity index is 0.000000623. The molecule has 136 valence electrons. The molecule has 2 aliphatic rings. The van der Waals surface area contributed by atoms with E-state index in [1.54, 1.807) is 12.1 Å². The van der Waals surface area contributed by atoms with Crippen LogP contribution in [0.5, 0.6) is 0 Å². The molecule has 0 radical (unpaired) electrons. The average Bonchev–Trinajstić information content (AvgIpc) is 3.46. The van der Waals surface area contributed by atoms with Crippen LogP contribution in [0.3, 0.4) is 0 Å². The van der Waals surface area contributed by atoms with Crippen LogP contribution >= 0.6 is 0 Å². The van der Waals surface area contributed by atoms with Gasteiger partial charge in [-0.1, -0.05) is 25.5 Å². The molecule has 3 rings (SSSR count). The molecule has 3 N–H and O–H groups in total. The van der Waals surface area contributed by atoms with Gasteiger partial charge < -0.3 is 11.1 Å². The fourth-order valence-electron chi connectivity index (χ4n) is 3.01. The Morgan fingerprint density at radius 2 is 1.71 bits per heavy atom. The summed E-state index contributed by atoms with van der Waals surface area (Å²) in [5.41, 5.74) is 7.07. The van der Waals surface area contributed by atoms with Gasteiger partial charge in [-0.05, 0) is 50.0 Å². The van der Waals surface area contributed by atoms with Crippen molar-refractivity contribution in [2.45, 2.75) is 43.5 Å². The molecule has 2 fully saturated rings. The molecule has 0 spiro atoms. The van der Waals surface area contributed by atoms with Gasteiger partial charge in [0.15, 0.2) is 9.84 Å². The Hall–Kier alpha value is -0.950. The van der Waals surface area contributed by atoms with E-state index in [2.05, 4.69) is 10.2 Å². The van der Waals surface area contributed by atoms with Crippen molar-refractivity contribution in [3.05, 3.63) is 29.8 Å². The Labute approximate surface area is 146 Å². The number of likely N-dealkylation sites (tertiary alicyclic amines) is 1. The van der Waals surface area contributed by atoms with Crippen molar-refractivity contribution in [2.24, 2.45) is 5.73 Å². The summed E-state index contributed by atoms with van der Waals surface area (Å²) in [6.45, 7) is 7.11. The van der Waals surface area contributed by atoms with Crippen molar-refractivity contribution in [1.29, 1.82) is 0 Å². The molecule has 1 unspecified atom stereocenters. The molecule has 6 heteroatoms. The highest BCUT2D eigenvalue weighted by molar-refractivity contribution is 7.91. The maximum atomic E-state index is 12.0. The van der Waals surface area contributed by atoms with E-state index in [-0.39, 0.29) is 11.8 Å². The zero-order valence-electron chi connectivity index (χ0n) is 14.7. The summed E-state index contributed by atoms with van der Waals surface area (Å²) in [4.78, 5) is 2.83. The predicted molar refractivity (Wildman–Crippen MR) is 98.9 cm³/mol. The minimum Gasteiger partial charge on any atom is -0.329 e. The predicted octanol–water partition coefficient (Wildman–Crippen LogP) is 1.95. The molecule has 0 amide bonds. The first kappa shape index (κ1) is 19.4. The zero-order chi connectivity index (χ0) is 17.4. The van der Waals surface area contributed by atoms with Gasteiger partial charge in [-0.15, -0.1) is 0 Å². The van der Waals surface area contributed by atoms with Crippen LogP contribution in [0.25, 0.3) is 0 Å². The smallest absolute Gasteiger partial charge is 0.178 e. The fourth-order valence-corrected chi connectivity index (χ4v) is 4.33. The second-order valence-electron chi connectivity index (χ2n) is 6.49. The topological polar surface area (TPSA) is 85.3 Å². The standard InChI is InChI=1S/C16H26N2O2S.C2H5N/c1-2-12-21(19,20)15-8-6-14(7-9-15)16(13-17)18-10-4-3-5-11-18;1-2-3-1/h6-9,16H,2-5,10-13,17H2,1H3;3H,1-2H2. The quantitative estimate of drug-likeness (QED) is 0.764. The van der Waals surface area contributed by atoms with E-state index in [0.29, 0.717) is 17.9 Å². The van der Waals surface area contributed by atoms with Crippen molar-refractivity contribution < 1.29 is 8.42 Å². The van der Waals surface area contributed by atoms with Crippen LogP contribution < -0.4 is 11.1 Å². The zero-order valence-corrected chi connectivity index (χ0v) is 15.5.